The molecule has 2 aromatic heterocycles. The van der Waals surface area contributed by atoms with Crippen LogP contribution in [0.1, 0.15) is 16.7 Å². The number of halogens is 3. The van der Waals surface area contributed by atoms with Gasteiger partial charge in [0.1, 0.15) is 0 Å². The Morgan fingerprint density at radius 2 is 0.762 bits per heavy atom. The van der Waals surface area contributed by atoms with Crippen LogP contribution in [0.15, 0.2) is 223 Å². The zero-order valence-electron chi connectivity index (χ0n) is 33.8. The van der Waals surface area contributed by atoms with Crippen molar-refractivity contribution < 1.29 is 0 Å². The van der Waals surface area contributed by atoms with Crippen LogP contribution in [0.25, 0.3) is 66.1 Å². The van der Waals surface area contributed by atoms with E-state index in [1.807, 2.05) is 0 Å². The molecule has 13 rings (SSSR count). The monoisotopic (exact) mass is 1140 g/mol. The number of aliphatic imine (C=N–C) groups is 1. The summed E-state index contributed by atoms with van der Waals surface area (Å²) in [5.41, 5.74) is 14.0. The van der Waals surface area contributed by atoms with E-state index in [4.69, 9.17) is 4.99 Å². The predicted octanol–water partition coefficient (Wildman–Crippen LogP) is 15.3. The summed E-state index contributed by atoms with van der Waals surface area (Å²) in [6, 6.07) is 81.8. The molecule has 0 radical (unpaired) electrons. The third-order valence-electron chi connectivity index (χ3n) is 12.1. The van der Waals surface area contributed by atoms with Gasteiger partial charge in [-0.25, -0.2) is 0 Å². The maximum atomic E-state index is 5.80. The molecule has 0 bridgehead atoms. The van der Waals surface area contributed by atoms with Gasteiger partial charge in [0.2, 0.25) is 0 Å². The van der Waals surface area contributed by atoms with E-state index in [1.54, 1.807) is 1.52 Å². The van der Waals surface area contributed by atoms with Gasteiger partial charge in [-0.3, -0.25) is 0 Å². The molecule has 0 atom stereocenters. The summed E-state index contributed by atoms with van der Waals surface area (Å²) in [5.74, 6) is 0. The third-order valence-corrected chi connectivity index (χ3v) is 26.2. The summed E-state index contributed by atoms with van der Waals surface area (Å²) in [6.45, 7) is 0. The van der Waals surface area contributed by atoms with Crippen LogP contribution in [0.2, 0.25) is 0 Å². The molecule has 0 spiro atoms. The summed E-state index contributed by atoms with van der Waals surface area (Å²) in [6.07, 6.45) is 0. The van der Waals surface area contributed by atoms with Gasteiger partial charge in [-0.15, -0.1) is 0 Å². The van der Waals surface area contributed by atoms with Crippen LogP contribution < -0.4 is 0 Å². The Balaban J connectivity index is 1.22. The number of fused-ring (bicyclic) bond motifs is 9. The van der Waals surface area contributed by atoms with Crippen molar-refractivity contribution in [1.82, 2.24) is 9.13 Å². The van der Waals surface area contributed by atoms with Gasteiger partial charge < -0.3 is 0 Å². The van der Waals surface area contributed by atoms with Crippen molar-refractivity contribution in [2.75, 3.05) is 0 Å². The van der Waals surface area contributed by atoms with Crippen molar-refractivity contribution in [3.8, 4) is 22.5 Å². The molecule has 300 valence electrons. The summed E-state index contributed by atoms with van der Waals surface area (Å²) in [4.78, 5) is 5.80. The number of hydrogen-bond donors (Lipinski definition) is 0. The van der Waals surface area contributed by atoms with Crippen LogP contribution in [-0.2, 0) is 0 Å². The van der Waals surface area contributed by atoms with Crippen molar-refractivity contribution in [3.05, 3.63) is 246 Å². The predicted molar refractivity (Wildman–Crippen MR) is 293 cm³/mol. The molecule has 2 aliphatic heterocycles. The first-order chi connectivity index (χ1) is 31.3. The Labute approximate surface area is 392 Å². The molecule has 0 saturated heterocycles. The van der Waals surface area contributed by atoms with Crippen molar-refractivity contribution in [2.24, 2.45) is 4.99 Å². The van der Waals surface area contributed by atoms with Gasteiger partial charge in [-0.1, -0.05) is 0 Å². The summed E-state index contributed by atoms with van der Waals surface area (Å²) >= 11 is -3.52. The molecule has 9 aromatic carbocycles. The topological polar surface area (TPSA) is 22.2 Å². The normalized spacial score (nSPS) is 14.2. The number of benzene rings is 9. The minimum absolute atomic E-state index is 0.460. The molecule has 0 N–H and O–H groups in total. The minimum atomic E-state index is -2.46. The average molecular weight is 1140 g/mol. The third kappa shape index (κ3) is 6.12. The molecule has 0 unspecified atom stereocenters. The second kappa shape index (κ2) is 15.5. The van der Waals surface area contributed by atoms with Crippen LogP contribution in [0.5, 0.6) is 0 Å². The van der Waals surface area contributed by atoms with Crippen LogP contribution in [-0.4, -0.2) is 18.0 Å². The fourth-order valence-corrected chi connectivity index (χ4v) is 24.4. The SMILES string of the molecule is c1ccc(C2=IC(c3ccccc3)=IC(c3cc(-n4c5ccccc5c5ccccc54)c(I4c5ccccc5-c5ccccc54)c(-n4c5ccccc5c5ccccc54)c3)=N2)cc1. The second-order valence-electron chi connectivity index (χ2n) is 15.7. The van der Waals surface area contributed by atoms with Gasteiger partial charge in [0.05, 0.1) is 0 Å². The Morgan fingerprint density at radius 3 is 1.24 bits per heavy atom. The van der Waals surface area contributed by atoms with Gasteiger partial charge >= 0.3 is 396 Å². The quantitative estimate of drug-likeness (QED) is 0.148. The van der Waals surface area contributed by atoms with Gasteiger partial charge in [0.25, 0.3) is 0 Å². The van der Waals surface area contributed by atoms with E-state index < -0.39 is 61.3 Å². The first-order valence-electron chi connectivity index (χ1n) is 21.1. The number of para-hydroxylation sites is 4. The van der Waals surface area contributed by atoms with E-state index in [2.05, 4.69) is 228 Å². The molecule has 6 heteroatoms. The standard InChI is InChI=1S/C57H36I3N3/c1-3-19-37(20-4-1)55-58-56(38-21-5-2-6-22-38)61-57(59-55)39-35-52(62-48-31-15-9-25-42(48)43-26-10-16-32-49(43)62)54(60-46-29-13-7-23-40(46)41-24-8-14-30-47(41)60)53(36-39)63-50-33-17-11-27-44(50)45-28-12-18-34-51(45)63/h1-36H. The molecule has 0 aliphatic carbocycles. The molecular weight excluding hydrogens is 1110 g/mol. The van der Waals surface area contributed by atoms with Crippen molar-refractivity contribution in [2.45, 2.75) is 0 Å². The van der Waals surface area contributed by atoms with Crippen LogP contribution >= 0.6 is 61.3 Å². The molecular formula is C57H36I3N3. The Hall–Kier alpha value is -5.82. The number of aromatic nitrogens is 2. The number of hydrogen-bond acceptors (Lipinski definition) is 1. The molecule has 2 aliphatic rings. The van der Waals surface area contributed by atoms with E-state index in [-0.39, 0.29) is 0 Å². The summed E-state index contributed by atoms with van der Waals surface area (Å²) < 4.78 is 13.7. The van der Waals surface area contributed by atoms with Gasteiger partial charge in [-0.2, -0.15) is 0 Å². The fraction of sp³-hybridized carbons (Fsp3) is 0. The van der Waals surface area contributed by atoms with E-state index in [1.165, 1.54) is 101 Å². The van der Waals surface area contributed by atoms with Crippen molar-refractivity contribution in [1.29, 1.82) is 0 Å². The molecule has 0 saturated carbocycles. The Morgan fingerprint density at radius 1 is 0.365 bits per heavy atom. The van der Waals surface area contributed by atoms with Gasteiger partial charge in [0.15, 0.2) is 0 Å². The average Bonchev–Trinajstić information content (AvgIpc) is 4.00. The van der Waals surface area contributed by atoms with Crippen LogP contribution in [0.4, 0.5) is 0 Å². The number of rotatable bonds is 6. The summed E-state index contributed by atoms with van der Waals surface area (Å²) in [7, 11) is 0. The van der Waals surface area contributed by atoms with Crippen LogP contribution in [0, 0.1) is 10.7 Å². The zero-order valence-corrected chi connectivity index (χ0v) is 40.2. The van der Waals surface area contributed by atoms with E-state index in [0.717, 1.165) is 0 Å². The Bertz CT molecular complexity index is 3420. The van der Waals surface area contributed by atoms with Crippen molar-refractivity contribution >= 4 is 114 Å². The van der Waals surface area contributed by atoms with E-state index in [9.17, 15) is 0 Å². The van der Waals surface area contributed by atoms with E-state index >= 15 is 0 Å². The molecule has 11 aromatic rings. The molecule has 0 amide bonds. The van der Waals surface area contributed by atoms with Gasteiger partial charge in [-0.05, 0) is 0 Å². The van der Waals surface area contributed by atoms with E-state index in [0.29, 0.717) is 0 Å². The van der Waals surface area contributed by atoms with Gasteiger partial charge in [0, 0.05) is 0 Å². The molecule has 3 nitrogen and oxygen atoms in total. The number of nitrogens with zero attached hydrogens (tertiary/aromatic N) is 3. The second-order valence-corrected chi connectivity index (χ2v) is 28.1. The fourth-order valence-electron chi connectivity index (χ4n) is 9.39. The maximum absolute atomic E-state index is 5.80. The zero-order chi connectivity index (χ0) is 41.4. The molecule has 4 heterocycles. The Kier molecular flexibility index (Phi) is 9.26. The summed E-state index contributed by atoms with van der Waals surface area (Å²) in [5, 5.41) is 5.08. The molecule has 63 heavy (non-hydrogen) atoms. The first-order valence-corrected chi connectivity index (χ1v) is 28.6. The molecule has 0 fully saturated rings. The van der Waals surface area contributed by atoms with Crippen LogP contribution in [0.3, 0.4) is 0 Å². The van der Waals surface area contributed by atoms with Crippen molar-refractivity contribution in [3.63, 3.8) is 0 Å². The first kappa shape index (κ1) is 37.7.